The number of hydrogen-bond acceptors (Lipinski definition) is 2. The van der Waals surface area contributed by atoms with Gasteiger partial charge >= 0.3 is 5.97 Å². The highest BCUT2D eigenvalue weighted by molar-refractivity contribution is 6.34. The van der Waals surface area contributed by atoms with Crippen molar-refractivity contribution >= 4 is 35.2 Å². The molecule has 1 aromatic rings. The Morgan fingerprint density at radius 1 is 1.44 bits per heavy atom. The standard InChI is InChI=1S/C12H12Cl2O2/c1-2-16-12(15)5-3-4-9-8-10(13)6-7-11(9)14/h3-4,6-8H,2,5H2,1H3. The SMILES string of the molecule is CCOC(=O)CC=Cc1cc(Cl)ccc1Cl. The number of halogens is 2. The molecule has 0 bridgehead atoms. The fourth-order valence-corrected chi connectivity index (χ4v) is 1.51. The number of benzene rings is 1. The van der Waals surface area contributed by atoms with Gasteiger partial charge in [0.2, 0.25) is 0 Å². The van der Waals surface area contributed by atoms with Crippen molar-refractivity contribution in [2.24, 2.45) is 0 Å². The molecule has 1 rings (SSSR count). The van der Waals surface area contributed by atoms with Crippen LogP contribution in [0.2, 0.25) is 10.0 Å². The Morgan fingerprint density at radius 2 is 2.19 bits per heavy atom. The van der Waals surface area contributed by atoms with Crippen LogP contribution in [0.25, 0.3) is 6.08 Å². The normalized spacial score (nSPS) is 10.7. The van der Waals surface area contributed by atoms with Crippen molar-refractivity contribution in [2.45, 2.75) is 13.3 Å². The van der Waals surface area contributed by atoms with Crippen LogP contribution in [0.3, 0.4) is 0 Å². The molecule has 0 aliphatic carbocycles. The lowest BCUT2D eigenvalue weighted by Crippen LogP contribution is -2.01. The minimum Gasteiger partial charge on any atom is -0.466 e. The minimum absolute atomic E-state index is 0.233. The lowest BCUT2D eigenvalue weighted by Gasteiger charge is -1.99. The van der Waals surface area contributed by atoms with Gasteiger partial charge in [0.05, 0.1) is 13.0 Å². The number of carbonyl (C=O) groups excluding carboxylic acids is 1. The average Bonchev–Trinajstić information content (AvgIpc) is 2.23. The van der Waals surface area contributed by atoms with Crippen LogP contribution in [0, 0.1) is 0 Å². The molecule has 0 N–H and O–H groups in total. The Bertz CT molecular complexity index is 400. The summed E-state index contributed by atoms with van der Waals surface area (Å²) in [6, 6.07) is 5.17. The summed E-state index contributed by atoms with van der Waals surface area (Å²) in [6.07, 6.45) is 3.69. The third-order valence-corrected chi connectivity index (χ3v) is 2.42. The van der Waals surface area contributed by atoms with E-state index in [9.17, 15) is 4.79 Å². The van der Waals surface area contributed by atoms with Gasteiger partial charge in [-0.25, -0.2) is 0 Å². The molecule has 0 aliphatic heterocycles. The van der Waals surface area contributed by atoms with Gasteiger partial charge in [0.15, 0.2) is 0 Å². The van der Waals surface area contributed by atoms with Crippen LogP contribution in [0.15, 0.2) is 24.3 Å². The second-order valence-corrected chi connectivity index (χ2v) is 3.92. The summed E-state index contributed by atoms with van der Waals surface area (Å²) in [4.78, 5) is 11.1. The number of ether oxygens (including phenoxy) is 1. The molecule has 0 saturated carbocycles. The van der Waals surface area contributed by atoms with Gasteiger partial charge in [-0.05, 0) is 30.7 Å². The molecule has 0 saturated heterocycles. The Balaban J connectivity index is 2.62. The molecule has 0 radical (unpaired) electrons. The van der Waals surface area contributed by atoms with E-state index in [0.29, 0.717) is 16.7 Å². The van der Waals surface area contributed by atoms with Gasteiger partial charge in [0.25, 0.3) is 0 Å². The number of carbonyl (C=O) groups is 1. The van der Waals surface area contributed by atoms with Crippen LogP contribution in [0.1, 0.15) is 18.9 Å². The van der Waals surface area contributed by atoms with Crippen molar-refractivity contribution in [3.05, 3.63) is 39.9 Å². The zero-order valence-corrected chi connectivity index (χ0v) is 10.4. The van der Waals surface area contributed by atoms with Crippen LogP contribution < -0.4 is 0 Å². The first-order valence-electron chi connectivity index (χ1n) is 4.90. The first-order chi connectivity index (χ1) is 7.63. The lowest BCUT2D eigenvalue weighted by atomic mass is 10.2. The van der Waals surface area contributed by atoms with Crippen molar-refractivity contribution in [2.75, 3.05) is 6.61 Å². The van der Waals surface area contributed by atoms with Crippen LogP contribution in [-0.2, 0) is 9.53 Å². The molecular formula is C12H12Cl2O2. The maximum atomic E-state index is 11.1. The summed E-state index contributed by atoms with van der Waals surface area (Å²) in [7, 11) is 0. The second-order valence-electron chi connectivity index (χ2n) is 3.08. The monoisotopic (exact) mass is 258 g/mol. The van der Waals surface area contributed by atoms with Crippen molar-refractivity contribution in [3.63, 3.8) is 0 Å². The highest BCUT2D eigenvalue weighted by Crippen LogP contribution is 2.21. The van der Waals surface area contributed by atoms with E-state index in [0.717, 1.165) is 5.56 Å². The van der Waals surface area contributed by atoms with Crippen LogP contribution in [-0.4, -0.2) is 12.6 Å². The first-order valence-corrected chi connectivity index (χ1v) is 5.66. The van der Waals surface area contributed by atoms with E-state index in [-0.39, 0.29) is 12.4 Å². The van der Waals surface area contributed by atoms with E-state index in [1.54, 1.807) is 37.3 Å². The van der Waals surface area contributed by atoms with Gasteiger partial charge in [-0.2, -0.15) is 0 Å². The van der Waals surface area contributed by atoms with E-state index in [2.05, 4.69) is 0 Å². The smallest absolute Gasteiger partial charge is 0.309 e. The average molecular weight is 259 g/mol. The van der Waals surface area contributed by atoms with Gasteiger partial charge in [-0.3, -0.25) is 4.79 Å². The molecule has 0 aromatic heterocycles. The minimum atomic E-state index is -0.253. The van der Waals surface area contributed by atoms with Gasteiger partial charge in [-0.1, -0.05) is 35.4 Å². The summed E-state index contributed by atoms with van der Waals surface area (Å²) >= 11 is 11.8. The van der Waals surface area contributed by atoms with Crippen molar-refractivity contribution in [3.8, 4) is 0 Å². The topological polar surface area (TPSA) is 26.3 Å². The zero-order chi connectivity index (χ0) is 12.0. The molecule has 0 unspecified atom stereocenters. The fraction of sp³-hybridized carbons (Fsp3) is 0.250. The molecule has 86 valence electrons. The summed E-state index contributed by atoms with van der Waals surface area (Å²) < 4.78 is 4.78. The van der Waals surface area contributed by atoms with Crippen LogP contribution in [0.5, 0.6) is 0 Å². The lowest BCUT2D eigenvalue weighted by molar-refractivity contribution is -0.142. The van der Waals surface area contributed by atoms with E-state index >= 15 is 0 Å². The number of rotatable bonds is 4. The number of esters is 1. The fourth-order valence-electron chi connectivity index (χ4n) is 1.14. The molecule has 0 heterocycles. The predicted molar refractivity (Wildman–Crippen MR) is 66.7 cm³/mol. The third kappa shape index (κ3) is 4.25. The third-order valence-electron chi connectivity index (χ3n) is 1.85. The summed E-state index contributed by atoms with van der Waals surface area (Å²) in [6.45, 7) is 2.17. The Hall–Kier alpha value is -0.990. The largest absolute Gasteiger partial charge is 0.466 e. The molecular weight excluding hydrogens is 247 g/mol. The number of hydrogen-bond donors (Lipinski definition) is 0. The van der Waals surface area contributed by atoms with Crippen molar-refractivity contribution < 1.29 is 9.53 Å². The maximum absolute atomic E-state index is 11.1. The van der Waals surface area contributed by atoms with Crippen molar-refractivity contribution in [1.29, 1.82) is 0 Å². The molecule has 0 fully saturated rings. The molecule has 4 heteroatoms. The van der Waals surface area contributed by atoms with Crippen LogP contribution >= 0.6 is 23.2 Å². The highest BCUT2D eigenvalue weighted by atomic mass is 35.5. The zero-order valence-electron chi connectivity index (χ0n) is 8.87. The molecule has 0 atom stereocenters. The molecule has 2 nitrogen and oxygen atoms in total. The van der Waals surface area contributed by atoms with E-state index in [4.69, 9.17) is 27.9 Å². The second kappa shape index (κ2) is 6.56. The molecule has 0 aliphatic rings. The van der Waals surface area contributed by atoms with Gasteiger partial charge in [0.1, 0.15) is 0 Å². The quantitative estimate of drug-likeness (QED) is 0.765. The highest BCUT2D eigenvalue weighted by Gasteiger charge is 1.99. The Kier molecular flexibility index (Phi) is 5.36. The van der Waals surface area contributed by atoms with E-state index in [1.165, 1.54) is 0 Å². The van der Waals surface area contributed by atoms with E-state index < -0.39 is 0 Å². The summed E-state index contributed by atoms with van der Waals surface area (Å²) in [5.41, 5.74) is 0.790. The molecule has 16 heavy (non-hydrogen) atoms. The van der Waals surface area contributed by atoms with Crippen LogP contribution in [0.4, 0.5) is 0 Å². The summed E-state index contributed by atoms with van der Waals surface area (Å²) in [5.74, 6) is -0.253. The molecule has 0 spiro atoms. The Morgan fingerprint density at radius 3 is 2.88 bits per heavy atom. The molecule has 0 amide bonds. The van der Waals surface area contributed by atoms with Gasteiger partial charge < -0.3 is 4.74 Å². The molecule has 1 aromatic carbocycles. The predicted octanol–water partition coefficient (Wildman–Crippen LogP) is 3.96. The maximum Gasteiger partial charge on any atom is 0.309 e. The summed E-state index contributed by atoms with van der Waals surface area (Å²) in [5, 5.41) is 1.21. The van der Waals surface area contributed by atoms with Gasteiger partial charge in [0, 0.05) is 10.0 Å². The van der Waals surface area contributed by atoms with E-state index in [1.807, 2.05) is 0 Å². The van der Waals surface area contributed by atoms with Gasteiger partial charge in [-0.15, -0.1) is 0 Å². The first kappa shape index (κ1) is 13.1. The van der Waals surface area contributed by atoms with Crippen molar-refractivity contribution in [1.82, 2.24) is 0 Å². The Labute approximate surface area is 105 Å².